The maximum atomic E-state index is 12.6. The van der Waals surface area contributed by atoms with Crippen LogP contribution in [0.4, 0.5) is 5.69 Å². The zero-order valence-electron chi connectivity index (χ0n) is 13.7. The Hall–Kier alpha value is -3.55. The first-order chi connectivity index (χ1) is 12.0. The Morgan fingerprint density at radius 1 is 1.32 bits per heavy atom. The molecule has 0 aliphatic rings. The molecule has 0 radical (unpaired) electrons. The molecular weight excluding hydrogens is 324 g/mol. The van der Waals surface area contributed by atoms with Gasteiger partial charge in [-0.1, -0.05) is 24.1 Å². The van der Waals surface area contributed by atoms with E-state index in [4.69, 9.17) is 11.1 Å². The third-order valence-electron chi connectivity index (χ3n) is 3.40. The molecule has 0 aliphatic heterocycles. The van der Waals surface area contributed by atoms with Crippen LogP contribution < -0.4 is 5.32 Å². The van der Waals surface area contributed by atoms with Crippen molar-refractivity contribution < 1.29 is 4.79 Å². The van der Waals surface area contributed by atoms with E-state index >= 15 is 0 Å². The molecule has 0 aliphatic carbocycles. The number of nitrogens with one attached hydrogen (secondary N) is 2. The number of hydrogen-bond acceptors (Lipinski definition) is 5. The Bertz CT molecular complexity index is 831. The number of aromatic amines is 1. The monoisotopic (exact) mass is 340 g/mol. The highest BCUT2D eigenvalue weighted by Gasteiger charge is 2.22. The molecule has 1 unspecified atom stereocenters. The highest BCUT2D eigenvalue weighted by molar-refractivity contribution is 5.95. The fourth-order valence-electron chi connectivity index (χ4n) is 2.26. The lowest BCUT2D eigenvalue weighted by atomic mass is 10.0. The van der Waals surface area contributed by atoms with Crippen molar-refractivity contribution in [2.45, 2.75) is 26.4 Å². The lowest BCUT2D eigenvalue weighted by molar-refractivity contribution is 0.0923. The molecule has 128 valence electrons. The second-order valence-electron chi connectivity index (χ2n) is 5.53. The molecule has 0 saturated heterocycles. The molecule has 2 N–H and O–H groups in total. The maximum absolute atomic E-state index is 12.6. The molecule has 1 atom stereocenters. The number of nitrogens with zero attached hydrogens (tertiary/aromatic N) is 8. The van der Waals surface area contributed by atoms with Gasteiger partial charge in [-0.2, -0.15) is 5.10 Å². The van der Waals surface area contributed by atoms with Gasteiger partial charge in [0.05, 0.1) is 12.6 Å². The van der Waals surface area contributed by atoms with Crippen LogP contribution in [0.5, 0.6) is 0 Å². The van der Waals surface area contributed by atoms with Crippen LogP contribution in [0.2, 0.25) is 0 Å². The van der Waals surface area contributed by atoms with E-state index in [0.29, 0.717) is 17.0 Å². The fraction of sp³-hybridized carbons (Fsp3) is 0.357. The highest BCUT2D eigenvalue weighted by atomic mass is 16.1. The average molecular weight is 340 g/mol. The van der Waals surface area contributed by atoms with Crippen molar-refractivity contribution in [3.05, 3.63) is 62.4 Å². The van der Waals surface area contributed by atoms with E-state index in [1.807, 2.05) is 13.8 Å². The molecule has 11 heteroatoms. The molecule has 2 rings (SSSR count). The standard InChI is InChI=1S/C14H16N10O/c1-8(2)12(13-17-7-19-22-13)20-14(25)10-3-9(6-18-23-15)4-11(5-10)21-24-16/h3-5,7-8,12H,6H2,1-2H3,(H,20,25)(H,17,19,22). The van der Waals surface area contributed by atoms with Gasteiger partial charge in [-0.15, -0.1) is 0 Å². The molecule has 1 aromatic carbocycles. The summed E-state index contributed by atoms with van der Waals surface area (Å²) in [6, 6.07) is 4.24. The minimum Gasteiger partial charge on any atom is -0.342 e. The topological polar surface area (TPSA) is 168 Å². The van der Waals surface area contributed by atoms with Crippen LogP contribution in [0.3, 0.4) is 0 Å². The van der Waals surface area contributed by atoms with Crippen LogP contribution in [0.25, 0.3) is 20.9 Å². The van der Waals surface area contributed by atoms with Gasteiger partial charge in [0.1, 0.15) is 12.2 Å². The van der Waals surface area contributed by atoms with E-state index in [-0.39, 0.29) is 30.1 Å². The number of benzene rings is 1. The third-order valence-corrected chi connectivity index (χ3v) is 3.40. The highest BCUT2D eigenvalue weighted by Crippen LogP contribution is 2.22. The van der Waals surface area contributed by atoms with Crippen molar-refractivity contribution in [1.29, 1.82) is 0 Å². The third kappa shape index (κ3) is 4.71. The molecule has 0 spiro atoms. The van der Waals surface area contributed by atoms with E-state index < -0.39 is 0 Å². The number of carbonyl (C=O) groups excluding carboxylic acids is 1. The Kier molecular flexibility index (Phi) is 5.94. The van der Waals surface area contributed by atoms with Gasteiger partial charge in [0.25, 0.3) is 5.91 Å². The number of amides is 1. The zero-order valence-corrected chi connectivity index (χ0v) is 13.7. The summed E-state index contributed by atoms with van der Waals surface area (Å²) in [5.41, 5.74) is 18.2. The van der Waals surface area contributed by atoms with E-state index in [1.54, 1.807) is 12.1 Å². The van der Waals surface area contributed by atoms with Gasteiger partial charge in [0, 0.05) is 21.1 Å². The summed E-state index contributed by atoms with van der Waals surface area (Å²) >= 11 is 0. The first-order valence-electron chi connectivity index (χ1n) is 7.41. The normalized spacial score (nSPS) is 11.3. The summed E-state index contributed by atoms with van der Waals surface area (Å²) in [6.07, 6.45) is 1.37. The van der Waals surface area contributed by atoms with E-state index in [2.05, 4.69) is 40.6 Å². The van der Waals surface area contributed by atoms with Gasteiger partial charge in [0.15, 0.2) is 0 Å². The number of rotatable bonds is 7. The Morgan fingerprint density at radius 3 is 2.72 bits per heavy atom. The second kappa shape index (κ2) is 8.34. The largest absolute Gasteiger partial charge is 0.342 e. The van der Waals surface area contributed by atoms with Crippen LogP contribution in [-0.4, -0.2) is 21.1 Å². The van der Waals surface area contributed by atoms with Gasteiger partial charge >= 0.3 is 0 Å². The molecule has 1 heterocycles. The van der Waals surface area contributed by atoms with E-state index in [9.17, 15) is 4.79 Å². The molecule has 25 heavy (non-hydrogen) atoms. The molecule has 0 saturated carbocycles. The SMILES string of the molecule is CC(C)C(NC(=O)c1cc(CN=[N+]=[N-])cc(N=[N+]=[N-])c1)c1ncn[nH]1. The average Bonchev–Trinajstić information content (AvgIpc) is 3.11. The minimum atomic E-state index is -0.368. The summed E-state index contributed by atoms with van der Waals surface area (Å²) < 4.78 is 0. The predicted octanol–water partition coefficient (Wildman–Crippen LogP) is 3.68. The summed E-state index contributed by atoms with van der Waals surface area (Å²) in [5, 5.41) is 16.4. The van der Waals surface area contributed by atoms with Crippen LogP contribution in [-0.2, 0) is 6.54 Å². The van der Waals surface area contributed by atoms with Gasteiger partial charge in [-0.3, -0.25) is 9.89 Å². The van der Waals surface area contributed by atoms with Gasteiger partial charge in [-0.25, -0.2) is 4.98 Å². The zero-order chi connectivity index (χ0) is 18.2. The molecular formula is C14H16N10O. The van der Waals surface area contributed by atoms with Crippen LogP contribution in [0.15, 0.2) is 34.8 Å². The van der Waals surface area contributed by atoms with Crippen molar-refractivity contribution in [1.82, 2.24) is 20.5 Å². The van der Waals surface area contributed by atoms with Gasteiger partial charge in [0.2, 0.25) is 0 Å². The molecule has 11 nitrogen and oxygen atoms in total. The minimum absolute atomic E-state index is 0.0429. The Morgan fingerprint density at radius 2 is 2.12 bits per heavy atom. The molecule has 2 aromatic rings. The van der Waals surface area contributed by atoms with E-state index in [1.165, 1.54) is 12.4 Å². The lowest BCUT2D eigenvalue weighted by Gasteiger charge is -2.20. The smallest absolute Gasteiger partial charge is 0.251 e. The summed E-state index contributed by atoms with van der Waals surface area (Å²) in [6.45, 7) is 3.93. The first-order valence-corrected chi connectivity index (χ1v) is 7.41. The predicted molar refractivity (Wildman–Crippen MR) is 89.5 cm³/mol. The van der Waals surface area contributed by atoms with Crippen molar-refractivity contribution in [2.24, 2.45) is 16.1 Å². The van der Waals surface area contributed by atoms with E-state index in [0.717, 1.165) is 0 Å². The number of aromatic nitrogens is 3. The van der Waals surface area contributed by atoms with Crippen LogP contribution in [0.1, 0.15) is 41.6 Å². The number of H-pyrrole nitrogens is 1. The lowest BCUT2D eigenvalue weighted by Crippen LogP contribution is -2.32. The van der Waals surface area contributed by atoms with Crippen molar-refractivity contribution >= 4 is 11.6 Å². The summed E-state index contributed by atoms with van der Waals surface area (Å²) in [5.74, 6) is 0.246. The molecule has 0 fully saturated rings. The Balaban J connectivity index is 2.31. The maximum Gasteiger partial charge on any atom is 0.251 e. The second-order valence-corrected chi connectivity index (χ2v) is 5.53. The van der Waals surface area contributed by atoms with Crippen LogP contribution in [0, 0.1) is 5.92 Å². The molecule has 0 bridgehead atoms. The molecule has 1 amide bonds. The number of azide groups is 2. The first kappa shape index (κ1) is 17.8. The van der Waals surface area contributed by atoms with Crippen molar-refractivity contribution in [2.75, 3.05) is 0 Å². The fourth-order valence-corrected chi connectivity index (χ4v) is 2.26. The van der Waals surface area contributed by atoms with Crippen LogP contribution >= 0.6 is 0 Å². The molecule has 1 aromatic heterocycles. The van der Waals surface area contributed by atoms with Crippen molar-refractivity contribution in [3.63, 3.8) is 0 Å². The quantitative estimate of drug-likeness (QED) is 0.446. The van der Waals surface area contributed by atoms with Gasteiger partial charge in [-0.05, 0) is 40.7 Å². The summed E-state index contributed by atoms with van der Waals surface area (Å²) in [4.78, 5) is 22.1. The number of hydrogen-bond donors (Lipinski definition) is 2. The Labute approximate surface area is 142 Å². The van der Waals surface area contributed by atoms with Crippen molar-refractivity contribution in [3.8, 4) is 0 Å². The van der Waals surface area contributed by atoms with Gasteiger partial charge < -0.3 is 5.32 Å². The number of carbonyl (C=O) groups is 1. The summed E-state index contributed by atoms with van der Waals surface area (Å²) in [7, 11) is 0.